The normalized spacial score (nSPS) is 10.4. The smallest absolute Gasteiger partial charge is 0.193 e. The molecule has 0 aromatic heterocycles. The third-order valence-corrected chi connectivity index (χ3v) is 3.43. The van der Waals surface area contributed by atoms with Crippen molar-refractivity contribution in [2.75, 3.05) is 0 Å². The van der Waals surface area contributed by atoms with Gasteiger partial charge in [-0.1, -0.05) is 31.2 Å². The minimum atomic E-state index is -0.365. The van der Waals surface area contributed by atoms with Crippen LogP contribution in [0.2, 0.25) is 0 Å². The zero-order valence-electron chi connectivity index (χ0n) is 9.91. The Labute approximate surface area is 114 Å². The standard InChI is InChI=1S/C15H12BrFO/c1-2-10-5-3-4-6-12(10)15(18)11-7-8-14(17)13(16)9-11/h3-9H,2H2,1H3. The van der Waals surface area contributed by atoms with Gasteiger partial charge in [-0.2, -0.15) is 0 Å². The Hall–Kier alpha value is -1.48. The minimum Gasteiger partial charge on any atom is -0.289 e. The zero-order chi connectivity index (χ0) is 13.1. The van der Waals surface area contributed by atoms with Gasteiger partial charge in [-0.3, -0.25) is 4.79 Å². The monoisotopic (exact) mass is 306 g/mol. The molecule has 0 radical (unpaired) electrons. The Morgan fingerprint density at radius 2 is 1.94 bits per heavy atom. The van der Waals surface area contributed by atoms with E-state index >= 15 is 0 Å². The first-order chi connectivity index (χ1) is 8.63. The van der Waals surface area contributed by atoms with Gasteiger partial charge in [-0.25, -0.2) is 4.39 Å². The highest BCUT2D eigenvalue weighted by Gasteiger charge is 2.13. The number of rotatable bonds is 3. The van der Waals surface area contributed by atoms with Crippen molar-refractivity contribution in [3.8, 4) is 0 Å². The maximum absolute atomic E-state index is 13.2. The summed E-state index contributed by atoms with van der Waals surface area (Å²) in [6.07, 6.45) is 0.796. The van der Waals surface area contributed by atoms with E-state index in [0.29, 0.717) is 15.6 Å². The molecule has 0 saturated heterocycles. The van der Waals surface area contributed by atoms with Crippen LogP contribution in [0.25, 0.3) is 0 Å². The van der Waals surface area contributed by atoms with Crippen LogP contribution in [0.15, 0.2) is 46.9 Å². The van der Waals surface area contributed by atoms with Gasteiger partial charge < -0.3 is 0 Å². The number of halogens is 2. The molecule has 0 spiro atoms. The summed E-state index contributed by atoms with van der Waals surface area (Å²) in [6, 6.07) is 11.8. The summed E-state index contributed by atoms with van der Waals surface area (Å²) in [5.74, 6) is -0.441. The lowest BCUT2D eigenvalue weighted by Crippen LogP contribution is -2.05. The highest BCUT2D eigenvalue weighted by molar-refractivity contribution is 9.10. The first-order valence-electron chi connectivity index (χ1n) is 5.71. The molecule has 0 aliphatic heterocycles. The molecule has 3 heteroatoms. The Balaban J connectivity index is 2.44. The molecule has 2 aromatic carbocycles. The van der Waals surface area contributed by atoms with Crippen molar-refractivity contribution in [1.82, 2.24) is 0 Å². The highest BCUT2D eigenvalue weighted by Crippen LogP contribution is 2.20. The first kappa shape index (κ1) is 13.0. The van der Waals surface area contributed by atoms with Gasteiger partial charge in [-0.05, 0) is 46.1 Å². The largest absolute Gasteiger partial charge is 0.289 e. The molecule has 18 heavy (non-hydrogen) atoms. The Morgan fingerprint density at radius 1 is 1.22 bits per heavy atom. The molecule has 0 amide bonds. The van der Waals surface area contributed by atoms with Crippen molar-refractivity contribution < 1.29 is 9.18 Å². The summed E-state index contributed by atoms with van der Waals surface area (Å²) in [5, 5.41) is 0. The molecule has 0 aliphatic rings. The van der Waals surface area contributed by atoms with Crippen molar-refractivity contribution in [1.29, 1.82) is 0 Å². The fourth-order valence-electron chi connectivity index (χ4n) is 1.84. The van der Waals surface area contributed by atoms with E-state index in [2.05, 4.69) is 15.9 Å². The number of ketones is 1. The van der Waals surface area contributed by atoms with Gasteiger partial charge in [-0.15, -0.1) is 0 Å². The van der Waals surface area contributed by atoms with E-state index in [0.717, 1.165) is 12.0 Å². The van der Waals surface area contributed by atoms with Crippen LogP contribution >= 0.6 is 15.9 Å². The molecule has 0 saturated carbocycles. The third kappa shape index (κ3) is 2.51. The molecular formula is C15H12BrFO. The van der Waals surface area contributed by atoms with Gasteiger partial charge >= 0.3 is 0 Å². The van der Waals surface area contributed by atoms with Crippen LogP contribution in [0.4, 0.5) is 4.39 Å². The van der Waals surface area contributed by atoms with Crippen LogP contribution in [0.5, 0.6) is 0 Å². The van der Waals surface area contributed by atoms with Gasteiger partial charge in [0.1, 0.15) is 5.82 Å². The van der Waals surface area contributed by atoms with Crippen molar-refractivity contribution in [3.05, 3.63) is 69.4 Å². The molecule has 0 aliphatic carbocycles. The summed E-state index contributed by atoms with van der Waals surface area (Å²) in [5.41, 5.74) is 2.17. The van der Waals surface area contributed by atoms with Crippen molar-refractivity contribution >= 4 is 21.7 Å². The molecule has 0 heterocycles. The van der Waals surface area contributed by atoms with Crippen LogP contribution in [0.3, 0.4) is 0 Å². The lowest BCUT2D eigenvalue weighted by molar-refractivity contribution is 0.103. The number of carbonyl (C=O) groups excluding carboxylic acids is 1. The van der Waals surface area contributed by atoms with Crippen LogP contribution in [0.1, 0.15) is 28.4 Å². The van der Waals surface area contributed by atoms with Gasteiger partial charge in [0.25, 0.3) is 0 Å². The summed E-state index contributed by atoms with van der Waals surface area (Å²) >= 11 is 3.10. The second-order valence-corrected chi connectivity index (χ2v) is 4.82. The number of hydrogen-bond donors (Lipinski definition) is 0. The van der Waals surface area contributed by atoms with Gasteiger partial charge in [0.15, 0.2) is 5.78 Å². The van der Waals surface area contributed by atoms with E-state index in [9.17, 15) is 9.18 Å². The number of hydrogen-bond acceptors (Lipinski definition) is 1. The summed E-state index contributed by atoms with van der Waals surface area (Å²) in [6.45, 7) is 2.01. The molecule has 92 valence electrons. The van der Waals surface area contributed by atoms with Crippen molar-refractivity contribution in [2.24, 2.45) is 0 Å². The van der Waals surface area contributed by atoms with E-state index in [1.807, 2.05) is 25.1 Å². The quantitative estimate of drug-likeness (QED) is 0.769. The van der Waals surface area contributed by atoms with Crippen molar-refractivity contribution in [2.45, 2.75) is 13.3 Å². The molecule has 0 fully saturated rings. The average Bonchev–Trinajstić information content (AvgIpc) is 2.41. The van der Waals surface area contributed by atoms with Crippen LogP contribution in [-0.2, 0) is 6.42 Å². The third-order valence-electron chi connectivity index (χ3n) is 2.82. The Morgan fingerprint density at radius 3 is 2.61 bits per heavy atom. The average molecular weight is 307 g/mol. The van der Waals surface area contributed by atoms with E-state index in [4.69, 9.17) is 0 Å². The van der Waals surface area contributed by atoms with E-state index in [1.165, 1.54) is 18.2 Å². The number of benzene rings is 2. The fraction of sp³-hybridized carbons (Fsp3) is 0.133. The molecule has 2 rings (SSSR count). The van der Waals surface area contributed by atoms with Gasteiger partial charge in [0, 0.05) is 11.1 Å². The number of aryl methyl sites for hydroxylation is 1. The SMILES string of the molecule is CCc1ccccc1C(=O)c1ccc(F)c(Br)c1. The molecule has 0 atom stereocenters. The van der Waals surface area contributed by atoms with Gasteiger partial charge in [0.05, 0.1) is 4.47 Å². The van der Waals surface area contributed by atoms with E-state index in [1.54, 1.807) is 6.07 Å². The van der Waals surface area contributed by atoms with E-state index in [-0.39, 0.29) is 11.6 Å². The zero-order valence-corrected chi connectivity index (χ0v) is 11.5. The molecule has 0 N–H and O–H groups in total. The van der Waals surface area contributed by atoms with Crippen LogP contribution < -0.4 is 0 Å². The first-order valence-corrected chi connectivity index (χ1v) is 6.50. The maximum Gasteiger partial charge on any atom is 0.193 e. The Bertz CT molecular complexity index is 593. The summed E-state index contributed by atoms with van der Waals surface area (Å²) in [4.78, 5) is 12.3. The van der Waals surface area contributed by atoms with Crippen LogP contribution in [0, 0.1) is 5.82 Å². The fourth-order valence-corrected chi connectivity index (χ4v) is 2.22. The second-order valence-electron chi connectivity index (χ2n) is 3.97. The second kappa shape index (κ2) is 5.44. The minimum absolute atomic E-state index is 0.0758. The molecule has 0 bridgehead atoms. The number of carbonyl (C=O) groups is 1. The van der Waals surface area contributed by atoms with E-state index < -0.39 is 0 Å². The lowest BCUT2D eigenvalue weighted by Gasteiger charge is -2.07. The Kier molecular flexibility index (Phi) is 3.92. The molecule has 2 aromatic rings. The highest BCUT2D eigenvalue weighted by atomic mass is 79.9. The topological polar surface area (TPSA) is 17.1 Å². The van der Waals surface area contributed by atoms with Crippen molar-refractivity contribution in [3.63, 3.8) is 0 Å². The molecular weight excluding hydrogens is 295 g/mol. The predicted molar refractivity (Wildman–Crippen MR) is 73.4 cm³/mol. The maximum atomic E-state index is 13.2. The summed E-state index contributed by atoms with van der Waals surface area (Å²) < 4.78 is 13.5. The summed E-state index contributed by atoms with van der Waals surface area (Å²) in [7, 11) is 0. The predicted octanol–water partition coefficient (Wildman–Crippen LogP) is 4.38. The van der Waals surface area contributed by atoms with Crippen LogP contribution in [-0.4, -0.2) is 5.78 Å². The molecule has 0 unspecified atom stereocenters. The lowest BCUT2D eigenvalue weighted by atomic mass is 9.97. The molecule has 1 nitrogen and oxygen atoms in total. The van der Waals surface area contributed by atoms with Gasteiger partial charge in [0.2, 0.25) is 0 Å².